The van der Waals surface area contributed by atoms with Crippen LogP contribution in [0, 0.1) is 0 Å². The van der Waals surface area contributed by atoms with Gasteiger partial charge in [0.2, 0.25) is 5.91 Å². The average molecular weight is 317 g/mol. The molecule has 114 valence electrons. The lowest BCUT2D eigenvalue weighted by molar-refractivity contribution is -0.118. The van der Waals surface area contributed by atoms with Crippen LogP contribution in [0.5, 0.6) is 11.5 Å². The van der Waals surface area contributed by atoms with Crippen molar-refractivity contribution in [2.75, 3.05) is 12.9 Å². The third-order valence-electron chi connectivity index (χ3n) is 2.63. The molecule has 2 N–H and O–H groups in total. The largest absolute Gasteiger partial charge is 0.504 e. The smallest absolute Gasteiger partial charge is 0.250 e. The third-order valence-corrected chi connectivity index (χ3v) is 3.58. The molecule has 0 radical (unpaired) electrons. The molecule has 0 saturated heterocycles. The minimum absolute atomic E-state index is 0.0224. The van der Waals surface area contributed by atoms with E-state index >= 15 is 0 Å². The quantitative estimate of drug-likeness (QED) is 0.484. The van der Waals surface area contributed by atoms with Gasteiger partial charge in [-0.25, -0.2) is 10.4 Å². The molecule has 0 atom stereocenters. The number of nitrogens with zero attached hydrogens (tertiary/aromatic N) is 2. The van der Waals surface area contributed by atoms with E-state index in [0.29, 0.717) is 11.3 Å². The summed E-state index contributed by atoms with van der Waals surface area (Å²) in [6, 6.07) is 10.5. The van der Waals surface area contributed by atoms with Gasteiger partial charge in [-0.15, -0.1) is 0 Å². The lowest BCUT2D eigenvalue weighted by Gasteiger charge is -2.05. The minimum atomic E-state index is -0.255. The highest BCUT2D eigenvalue weighted by Gasteiger charge is 2.05. The number of ether oxygens (including phenoxy) is 1. The molecular weight excluding hydrogens is 302 g/mol. The van der Waals surface area contributed by atoms with Gasteiger partial charge < -0.3 is 9.84 Å². The van der Waals surface area contributed by atoms with E-state index in [1.165, 1.54) is 25.1 Å². The topological polar surface area (TPSA) is 83.8 Å². The van der Waals surface area contributed by atoms with Crippen LogP contribution in [0.4, 0.5) is 0 Å². The van der Waals surface area contributed by atoms with Gasteiger partial charge >= 0.3 is 0 Å². The van der Waals surface area contributed by atoms with E-state index in [0.717, 1.165) is 5.03 Å². The highest BCUT2D eigenvalue weighted by Crippen LogP contribution is 2.27. The van der Waals surface area contributed by atoms with Crippen molar-refractivity contribution in [2.24, 2.45) is 5.10 Å². The van der Waals surface area contributed by atoms with Gasteiger partial charge in [0.25, 0.3) is 0 Å². The third kappa shape index (κ3) is 4.49. The standard InChI is InChI=1S/C15H15N3O3S/c1-21-12-6-4-5-11(15(12)20)9-17-18-13(19)10-22-14-7-2-3-8-16-14/h2-9,20H,10H2,1H3,(H,18,19)/b17-9-. The minimum Gasteiger partial charge on any atom is -0.504 e. The summed E-state index contributed by atoms with van der Waals surface area (Å²) in [4.78, 5) is 15.8. The number of thioether (sulfide) groups is 1. The molecule has 2 aromatic rings. The molecule has 0 spiro atoms. The number of methoxy groups -OCH3 is 1. The molecule has 0 fully saturated rings. The maximum atomic E-state index is 11.7. The highest BCUT2D eigenvalue weighted by molar-refractivity contribution is 7.99. The van der Waals surface area contributed by atoms with E-state index in [1.807, 2.05) is 18.2 Å². The summed E-state index contributed by atoms with van der Waals surface area (Å²) in [7, 11) is 1.46. The first-order valence-electron chi connectivity index (χ1n) is 6.42. The Balaban J connectivity index is 1.86. The number of carbonyl (C=O) groups is 1. The van der Waals surface area contributed by atoms with Crippen LogP contribution in [0.3, 0.4) is 0 Å². The monoisotopic (exact) mass is 317 g/mol. The van der Waals surface area contributed by atoms with Crippen molar-refractivity contribution in [3.8, 4) is 11.5 Å². The van der Waals surface area contributed by atoms with E-state index in [9.17, 15) is 9.90 Å². The number of carbonyl (C=O) groups excluding carboxylic acids is 1. The van der Waals surface area contributed by atoms with E-state index in [-0.39, 0.29) is 17.4 Å². The zero-order valence-corrected chi connectivity index (χ0v) is 12.7. The average Bonchev–Trinajstić information content (AvgIpc) is 2.55. The first-order valence-corrected chi connectivity index (χ1v) is 7.41. The number of aromatic nitrogens is 1. The van der Waals surface area contributed by atoms with Crippen molar-refractivity contribution in [3.05, 3.63) is 48.2 Å². The second-order valence-electron chi connectivity index (χ2n) is 4.15. The SMILES string of the molecule is COc1cccc(/C=N\NC(=O)CSc2ccccn2)c1O. The zero-order valence-electron chi connectivity index (χ0n) is 11.9. The van der Waals surface area contributed by atoms with Crippen molar-refractivity contribution < 1.29 is 14.6 Å². The summed E-state index contributed by atoms with van der Waals surface area (Å²) in [5.41, 5.74) is 2.85. The summed E-state index contributed by atoms with van der Waals surface area (Å²) < 4.78 is 4.99. The number of phenols is 1. The number of rotatable bonds is 6. The van der Waals surface area contributed by atoms with Crippen molar-refractivity contribution in [1.82, 2.24) is 10.4 Å². The molecule has 22 heavy (non-hydrogen) atoms. The lowest BCUT2D eigenvalue weighted by atomic mass is 10.2. The maximum Gasteiger partial charge on any atom is 0.250 e. The normalized spacial score (nSPS) is 10.6. The molecule has 6 nitrogen and oxygen atoms in total. The number of phenolic OH excluding ortho intramolecular Hbond substituents is 1. The van der Waals surface area contributed by atoms with Crippen LogP contribution in [0.1, 0.15) is 5.56 Å². The second-order valence-corrected chi connectivity index (χ2v) is 5.14. The summed E-state index contributed by atoms with van der Waals surface area (Å²) in [5, 5.41) is 14.5. The van der Waals surface area contributed by atoms with Gasteiger partial charge in [-0.1, -0.05) is 23.9 Å². The van der Waals surface area contributed by atoms with Gasteiger partial charge in [0.1, 0.15) is 0 Å². The molecule has 1 aromatic carbocycles. The number of hydrogen-bond acceptors (Lipinski definition) is 6. The number of aromatic hydroxyl groups is 1. The first-order chi connectivity index (χ1) is 10.7. The summed E-state index contributed by atoms with van der Waals surface area (Å²) in [5.74, 6) is 0.277. The van der Waals surface area contributed by atoms with E-state index in [1.54, 1.807) is 24.4 Å². The van der Waals surface area contributed by atoms with Crippen LogP contribution >= 0.6 is 11.8 Å². The number of nitrogens with one attached hydrogen (secondary N) is 1. The van der Waals surface area contributed by atoms with E-state index in [4.69, 9.17) is 4.74 Å². The predicted molar refractivity (Wildman–Crippen MR) is 85.4 cm³/mol. The Bertz CT molecular complexity index is 662. The van der Waals surface area contributed by atoms with Gasteiger partial charge in [0, 0.05) is 11.8 Å². The predicted octanol–water partition coefficient (Wildman–Crippen LogP) is 2.04. The molecule has 7 heteroatoms. The van der Waals surface area contributed by atoms with Gasteiger partial charge in [-0.3, -0.25) is 4.79 Å². The molecule has 2 rings (SSSR count). The van der Waals surface area contributed by atoms with Crippen LogP contribution < -0.4 is 10.2 Å². The maximum absolute atomic E-state index is 11.7. The number of amides is 1. The fraction of sp³-hybridized carbons (Fsp3) is 0.133. The van der Waals surface area contributed by atoms with Crippen LogP contribution in [0.2, 0.25) is 0 Å². The van der Waals surface area contributed by atoms with Gasteiger partial charge in [-0.2, -0.15) is 5.10 Å². The molecule has 1 heterocycles. The molecule has 0 aliphatic rings. The van der Waals surface area contributed by atoms with Gasteiger partial charge in [-0.05, 0) is 24.3 Å². The molecule has 0 saturated carbocycles. The van der Waals surface area contributed by atoms with Crippen molar-refractivity contribution in [3.63, 3.8) is 0 Å². The van der Waals surface area contributed by atoms with Crippen molar-refractivity contribution in [1.29, 1.82) is 0 Å². The van der Waals surface area contributed by atoms with Crippen LogP contribution in [-0.4, -0.2) is 35.1 Å². The summed E-state index contributed by atoms with van der Waals surface area (Å²) >= 11 is 1.32. The van der Waals surface area contributed by atoms with Gasteiger partial charge in [0.05, 0.1) is 24.1 Å². The van der Waals surface area contributed by atoms with Crippen molar-refractivity contribution in [2.45, 2.75) is 5.03 Å². The second kappa shape index (κ2) is 8.04. The summed E-state index contributed by atoms with van der Waals surface area (Å²) in [6.07, 6.45) is 3.03. The Morgan fingerprint density at radius 1 is 1.41 bits per heavy atom. The Morgan fingerprint density at radius 2 is 2.27 bits per heavy atom. The fourth-order valence-electron chi connectivity index (χ4n) is 1.59. The Morgan fingerprint density at radius 3 is 3.00 bits per heavy atom. The first kappa shape index (κ1) is 15.8. The molecule has 1 amide bonds. The molecular formula is C15H15N3O3S. The number of benzene rings is 1. The summed E-state index contributed by atoms with van der Waals surface area (Å²) in [6.45, 7) is 0. The molecule has 0 unspecified atom stereocenters. The molecule has 0 aliphatic heterocycles. The van der Waals surface area contributed by atoms with E-state index < -0.39 is 0 Å². The molecule has 0 aliphatic carbocycles. The number of pyridine rings is 1. The van der Waals surface area contributed by atoms with Crippen LogP contribution in [-0.2, 0) is 4.79 Å². The Kier molecular flexibility index (Phi) is 5.79. The molecule has 1 aromatic heterocycles. The lowest BCUT2D eigenvalue weighted by Crippen LogP contribution is -2.19. The van der Waals surface area contributed by atoms with Gasteiger partial charge in [0.15, 0.2) is 11.5 Å². The Labute approximate surface area is 132 Å². The fourth-order valence-corrected chi connectivity index (χ4v) is 2.24. The number of hydrazone groups is 1. The zero-order chi connectivity index (χ0) is 15.8. The van der Waals surface area contributed by atoms with Crippen LogP contribution in [0.15, 0.2) is 52.7 Å². The number of para-hydroxylation sites is 1. The van der Waals surface area contributed by atoms with Crippen molar-refractivity contribution >= 4 is 23.9 Å². The van der Waals surface area contributed by atoms with E-state index in [2.05, 4.69) is 15.5 Å². The van der Waals surface area contributed by atoms with Crippen LogP contribution in [0.25, 0.3) is 0 Å². The highest BCUT2D eigenvalue weighted by atomic mass is 32.2. The number of hydrogen-bond donors (Lipinski definition) is 2. The Hall–Kier alpha value is -2.54. The molecule has 0 bridgehead atoms.